The largest absolute Gasteiger partial charge is 0.491 e. The van der Waals surface area contributed by atoms with Crippen LogP contribution in [-0.4, -0.2) is 22.7 Å². The van der Waals surface area contributed by atoms with Crippen LogP contribution in [0.1, 0.15) is 38.1 Å². The van der Waals surface area contributed by atoms with Crippen LogP contribution in [0.2, 0.25) is 0 Å². The lowest BCUT2D eigenvalue weighted by Crippen LogP contribution is -2.28. The van der Waals surface area contributed by atoms with Gasteiger partial charge in [-0.05, 0) is 39.0 Å². The molecule has 1 unspecified atom stereocenters. The van der Waals surface area contributed by atoms with Crippen molar-refractivity contribution in [2.24, 2.45) is 0 Å². The molecule has 0 aliphatic heterocycles. The first-order valence-electron chi connectivity index (χ1n) is 8.09. The van der Waals surface area contributed by atoms with Crippen LogP contribution in [0.4, 0.5) is 0 Å². The molecule has 0 fully saturated rings. The molecule has 0 aliphatic rings. The summed E-state index contributed by atoms with van der Waals surface area (Å²) < 4.78 is 5.82. The van der Waals surface area contributed by atoms with Crippen LogP contribution in [-0.2, 0) is 10.5 Å². The van der Waals surface area contributed by atoms with Gasteiger partial charge in [0.15, 0.2) is 0 Å². The number of aromatic nitrogens is 1. The van der Waals surface area contributed by atoms with Gasteiger partial charge < -0.3 is 10.1 Å². The molecule has 1 N–H and O–H groups in total. The lowest BCUT2D eigenvalue weighted by atomic mass is 10.1. The molecule has 1 amide bonds. The van der Waals surface area contributed by atoms with E-state index >= 15 is 0 Å². The first-order chi connectivity index (χ1) is 11.6. The Kier molecular flexibility index (Phi) is 7.12. The molecule has 1 aromatic heterocycles. The second kappa shape index (κ2) is 9.33. The van der Waals surface area contributed by atoms with Crippen molar-refractivity contribution in [1.29, 1.82) is 0 Å². The number of pyridine rings is 1. The maximum absolute atomic E-state index is 12.2. The monoisotopic (exact) mass is 344 g/mol. The third kappa shape index (κ3) is 5.89. The molecule has 2 aromatic rings. The smallest absolute Gasteiger partial charge is 0.230 e. The summed E-state index contributed by atoms with van der Waals surface area (Å²) in [6.45, 7) is 5.96. The number of hydrogen-bond acceptors (Lipinski definition) is 4. The van der Waals surface area contributed by atoms with Crippen LogP contribution in [0.25, 0.3) is 0 Å². The van der Waals surface area contributed by atoms with Crippen molar-refractivity contribution in [1.82, 2.24) is 10.3 Å². The van der Waals surface area contributed by atoms with E-state index in [1.807, 2.05) is 63.2 Å². The summed E-state index contributed by atoms with van der Waals surface area (Å²) in [6.07, 6.45) is 1.87. The highest BCUT2D eigenvalue weighted by Crippen LogP contribution is 2.25. The van der Waals surface area contributed by atoms with Crippen molar-refractivity contribution in [2.75, 3.05) is 5.75 Å². The molecule has 0 bridgehead atoms. The Hall–Kier alpha value is -2.01. The summed E-state index contributed by atoms with van der Waals surface area (Å²) in [4.78, 5) is 16.4. The molecule has 1 aromatic carbocycles. The summed E-state index contributed by atoms with van der Waals surface area (Å²) in [7, 11) is 0. The number of thioether (sulfide) groups is 1. The van der Waals surface area contributed by atoms with Gasteiger partial charge in [-0.3, -0.25) is 9.78 Å². The highest BCUT2D eigenvalue weighted by Gasteiger charge is 2.14. The minimum atomic E-state index is -0.0945. The van der Waals surface area contributed by atoms with Gasteiger partial charge in [-0.25, -0.2) is 0 Å². The van der Waals surface area contributed by atoms with E-state index in [2.05, 4.69) is 10.3 Å². The molecule has 0 radical (unpaired) electrons. The lowest BCUT2D eigenvalue weighted by Gasteiger charge is -2.19. The quantitative estimate of drug-likeness (QED) is 0.787. The van der Waals surface area contributed by atoms with Gasteiger partial charge in [0.05, 0.1) is 23.6 Å². The second-order valence-electron chi connectivity index (χ2n) is 5.81. The Morgan fingerprint density at radius 1 is 1.17 bits per heavy atom. The molecule has 1 atom stereocenters. The van der Waals surface area contributed by atoms with E-state index < -0.39 is 0 Å². The number of ether oxygens (including phenoxy) is 1. The van der Waals surface area contributed by atoms with Crippen LogP contribution in [0.3, 0.4) is 0 Å². The highest BCUT2D eigenvalue weighted by molar-refractivity contribution is 7.99. The van der Waals surface area contributed by atoms with E-state index in [1.54, 1.807) is 18.0 Å². The average Bonchev–Trinajstić information content (AvgIpc) is 2.55. The second-order valence-corrected chi connectivity index (χ2v) is 6.79. The standard InChI is InChI=1S/C19H24N2O2S/c1-14(2)23-18-10-5-4-9-17(18)15(3)21-19(22)13-24-12-16-8-6-7-11-20-16/h4-11,14-15H,12-13H2,1-3H3,(H,21,22). The Morgan fingerprint density at radius 2 is 1.92 bits per heavy atom. The zero-order valence-electron chi connectivity index (χ0n) is 14.4. The predicted molar refractivity (Wildman–Crippen MR) is 99.2 cm³/mol. The number of hydrogen-bond donors (Lipinski definition) is 1. The predicted octanol–water partition coefficient (Wildman–Crippen LogP) is 3.98. The van der Waals surface area contributed by atoms with Crippen molar-refractivity contribution in [3.05, 3.63) is 59.9 Å². The van der Waals surface area contributed by atoms with Crippen molar-refractivity contribution in [3.8, 4) is 5.75 Å². The molecule has 1 heterocycles. The van der Waals surface area contributed by atoms with Gasteiger partial charge in [-0.2, -0.15) is 0 Å². The normalized spacial score (nSPS) is 12.0. The topological polar surface area (TPSA) is 51.2 Å². The Morgan fingerprint density at radius 3 is 2.62 bits per heavy atom. The molecule has 5 heteroatoms. The van der Waals surface area contributed by atoms with E-state index in [9.17, 15) is 4.79 Å². The zero-order valence-corrected chi connectivity index (χ0v) is 15.2. The first kappa shape index (κ1) is 18.3. The maximum atomic E-state index is 12.2. The van der Waals surface area contributed by atoms with Crippen LogP contribution in [0.5, 0.6) is 5.75 Å². The molecule has 24 heavy (non-hydrogen) atoms. The molecule has 0 saturated heterocycles. The number of nitrogens with zero attached hydrogens (tertiary/aromatic N) is 1. The summed E-state index contributed by atoms with van der Waals surface area (Å²) >= 11 is 1.56. The van der Waals surface area contributed by atoms with Crippen molar-refractivity contribution in [3.63, 3.8) is 0 Å². The van der Waals surface area contributed by atoms with Crippen LogP contribution in [0.15, 0.2) is 48.7 Å². The molecule has 128 valence electrons. The molecule has 2 rings (SSSR count). The highest BCUT2D eigenvalue weighted by atomic mass is 32.2. The lowest BCUT2D eigenvalue weighted by molar-refractivity contribution is -0.119. The maximum Gasteiger partial charge on any atom is 0.230 e. The Bertz CT molecular complexity index is 647. The van der Waals surface area contributed by atoms with Gasteiger partial charge in [0, 0.05) is 17.5 Å². The third-order valence-electron chi connectivity index (χ3n) is 3.33. The van der Waals surface area contributed by atoms with E-state index in [4.69, 9.17) is 4.74 Å². The fraction of sp³-hybridized carbons (Fsp3) is 0.368. The molecule has 4 nitrogen and oxygen atoms in total. The van der Waals surface area contributed by atoms with E-state index in [-0.39, 0.29) is 18.1 Å². The van der Waals surface area contributed by atoms with Gasteiger partial charge in [0.25, 0.3) is 0 Å². The molecule has 0 saturated carbocycles. The number of benzene rings is 1. The fourth-order valence-corrected chi connectivity index (χ4v) is 3.04. The summed E-state index contributed by atoms with van der Waals surface area (Å²) in [5.74, 6) is 1.98. The van der Waals surface area contributed by atoms with Crippen molar-refractivity contribution in [2.45, 2.75) is 38.7 Å². The summed E-state index contributed by atoms with van der Waals surface area (Å²) in [5, 5.41) is 3.04. The van der Waals surface area contributed by atoms with E-state index in [1.165, 1.54) is 0 Å². The number of amides is 1. The van der Waals surface area contributed by atoms with E-state index in [0.717, 1.165) is 22.8 Å². The number of rotatable bonds is 8. The van der Waals surface area contributed by atoms with Crippen molar-refractivity contribution >= 4 is 17.7 Å². The SMILES string of the molecule is CC(C)Oc1ccccc1C(C)NC(=O)CSCc1ccccn1. The Balaban J connectivity index is 1.85. The molecular formula is C19H24N2O2S. The minimum absolute atomic E-state index is 0.0165. The average molecular weight is 344 g/mol. The Labute approximate surface area is 148 Å². The number of nitrogens with one attached hydrogen (secondary N) is 1. The molecular weight excluding hydrogens is 320 g/mol. The van der Waals surface area contributed by atoms with Crippen molar-refractivity contribution < 1.29 is 9.53 Å². The third-order valence-corrected chi connectivity index (χ3v) is 4.30. The van der Waals surface area contributed by atoms with Gasteiger partial charge in [-0.1, -0.05) is 24.3 Å². The summed E-state index contributed by atoms with van der Waals surface area (Å²) in [5.41, 5.74) is 1.98. The minimum Gasteiger partial charge on any atom is -0.491 e. The van der Waals surface area contributed by atoms with Gasteiger partial charge in [0.2, 0.25) is 5.91 Å². The van der Waals surface area contributed by atoms with Gasteiger partial charge >= 0.3 is 0 Å². The zero-order chi connectivity index (χ0) is 17.4. The molecule has 0 spiro atoms. The number of carbonyl (C=O) groups is 1. The summed E-state index contributed by atoms with van der Waals surface area (Å²) in [6, 6.07) is 13.5. The first-order valence-corrected chi connectivity index (χ1v) is 9.24. The van der Waals surface area contributed by atoms with E-state index in [0.29, 0.717) is 5.75 Å². The number of carbonyl (C=O) groups excluding carboxylic acids is 1. The van der Waals surface area contributed by atoms with Gasteiger partial charge in [-0.15, -0.1) is 11.8 Å². The van der Waals surface area contributed by atoms with Crippen LogP contribution in [0, 0.1) is 0 Å². The van der Waals surface area contributed by atoms with Crippen LogP contribution >= 0.6 is 11.8 Å². The van der Waals surface area contributed by atoms with Gasteiger partial charge in [0.1, 0.15) is 5.75 Å². The van der Waals surface area contributed by atoms with Crippen LogP contribution < -0.4 is 10.1 Å². The molecule has 0 aliphatic carbocycles. The number of para-hydroxylation sites is 1. The fourth-order valence-electron chi connectivity index (χ4n) is 2.29.